The van der Waals surface area contributed by atoms with E-state index in [4.69, 9.17) is 0 Å². The highest BCUT2D eigenvalue weighted by Crippen LogP contribution is 2.32. The third-order valence-electron chi connectivity index (χ3n) is 4.54. The second-order valence-electron chi connectivity index (χ2n) is 6.26. The number of rotatable bonds is 2. The molecular formula is C19H19N3O2. The lowest BCUT2D eigenvalue weighted by atomic mass is 10.1. The summed E-state index contributed by atoms with van der Waals surface area (Å²) < 4.78 is 1.94. The van der Waals surface area contributed by atoms with Crippen LogP contribution in [0, 0.1) is 0 Å². The summed E-state index contributed by atoms with van der Waals surface area (Å²) in [6.45, 7) is 1.35. The van der Waals surface area contributed by atoms with Gasteiger partial charge in [-0.15, -0.1) is 0 Å². The molecule has 5 heteroatoms. The van der Waals surface area contributed by atoms with Gasteiger partial charge in [-0.2, -0.15) is 5.10 Å². The molecule has 0 atom stereocenters. The first kappa shape index (κ1) is 14.6. The van der Waals surface area contributed by atoms with Crippen molar-refractivity contribution in [2.24, 2.45) is 7.05 Å². The van der Waals surface area contributed by atoms with Crippen LogP contribution in [0.5, 0.6) is 11.5 Å². The first-order valence-corrected chi connectivity index (χ1v) is 7.94. The normalized spacial score (nSPS) is 13.3. The zero-order valence-corrected chi connectivity index (χ0v) is 13.5. The molecule has 0 saturated carbocycles. The molecule has 5 nitrogen and oxygen atoms in total. The highest BCUT2D eigenvalue weighted by atomic mass is 16.3. The van der Waals surface area contributed by atoms with E-state index in [9.17, 15) is 10.2 Å². The number of para-hydroxylation sites is 1. The minimum atomic E-state index is 0.0789. The van der Waals surface area contributed by atoms with Crippen LogP contribution in [0.4, 0.5) is 5.69 Å². The van der Waals surface area contributed by atoms with E-state index in [-0.39, 0.29) is 11.5 Å². The number of aryl methyl sites for hydroxylation is 1. The Balaban J connectivity index is 1.76. The van der Waals surface area contributed by atoms with Crippen molar-refractivity contribution >= 4 is 5.69 Å². The van der Waals surface area contributed by atoms with Crippen LogP contribution >= 0.6 is 0 Å². The third kappa shape index (κ3) is 2.58. The van der Waals surface area contributed by atoms with Gasteiger partial charge in [-0.25, -0.2) is 0 Å². The molecule has 0 spiro atoms. The molecule has 1 aliphatic rings. The number of benzene rings is 2. The standard InChI is InChI=1S/C19H19N3O2/c1-21-19-8-14-4-2-3-5-18(14)22(12-15(19)10-20-21)11-13-6-16(23)9-17(24)7-13/h2-7,9-10,23-24H,8,11-12H2,1H3. The van der Waals surface area contributed by atoms with Crippen molar-refractivity contribution < 1.29 is 10.2 Å². The van der Waals surface area contributed by atoms with Crippen LogP contribution in [0.3, 0.4) is 0 Å². The second-order valence-corrected chi connectivity index (χ2v) is 6.26. The molecule has 2 N–H and O–H groups in total. The van der Waals surface area contributed by atoms with Crippen LogP contribution in [0.2, 0.25) is 0 Å². The van der Waals surface area contributed by atoms with E-state index in [1.807, 2.05) is 24.0 Å². The van der Waals surface area contributed by atoms with E-state index >= 15 is 0 Å². The number of hydrogen-bond donors (Lipinski definition) is 2. The minimum absolute atomic E-state index is 0.0789. The molecule has 1 aliphatic heterocycles. The lowest BCUT2D eigenvalue weighted by Gasteiger charge is -2.25. The SMILES string of the molecule is Cn1ncc2c1Cc1ccccc1N(Cc1cc(O)cc(O)c1)C2. The van der Waals surface area contributed by atoms with Crippen LogP contribution in [-0.4, -0.2) is 20.0 Å². The number of fused-ring (bicyclic) bond motifs is 2. The Hall–Kier alpha value is -2.95. The zero-order valence-electron chi connectivity index (χ0n) is 13.5. The molecule has 0 aliphatic carbocycles. The molecule has 0 radical (unpaired) electrons. The molecule has 0 saturated heterocycles. The van der Waals surface area contributed by atoms with Crippen LogP contribution in [0.1, 0.15) is 22.4 Å². The Morgan fingerprint density at radius 2 is 1.79 bits per heavy atom. The summed E-state index contributed by atoms with van der Waals surface area (Å²) in [6, 6.07) is 13.1. The van der Waals surface area contributed by atoms with Gasteiger partial charge in [0.15, 0.2) is 0 Å². The maximum absolute atomic E-state index is 9.74. The zero-order chi connectivity index (χ0) is 16.7. The summed E-state index contributed by atoms with van der Waals surface area (Å²) in [5.74, 6) is 0.158. The van der Waals surface area contributed by atoms with Crippen molar-refractivity contribution in [2.45, 2.75) is 19.5 Å². The number of phenolic OH excluding ortho intramolecular Hbond substituents is 2. The monoisotopic (exact) mass is 321 g/mol. The van der Waals surface area contributed by atoms with Gasteiger partial charge in [-0.05, 0) is 29.3 Å². The summed E-state index contributed by atoms with van der Waals surface area (Å²) in [5, 5.41) is 23.9. The summed E-state index contributed by atoms with van der Waals surface area (Å²) in [4.78, 5) is 2.26. The third-order valence-corrected chi connectivity index (χ3v) is 4.54. The summed E-state index contributed by atoms with van der Waals surface area (Å²) in [6.07, 6.45) is 2.78. The fraction of sp³-hybridized carbons (Fsp3) is 0.211. The first-order valence-electron chi connectivity index (χ1n) is 7.94. The van der Waals surface area contributed by atoms with Gasteiger partial charge < -0.3 is 15.1 Å². The summed E-state index contributed by atoms with van der Waals surface area (Å²) >= 11 is 0. The van der Waals surface area contributed by atoms with Crippen molar-refractivity contribution in [2.75, 3.05) is 4.90 Å². The van der Waals surface area contributed by atoms with Gasteiger partial charge in [0.05, 0.1) is 6.20 Å². The molecule has 2 aromatic carbocycles. The molecule has 3 aromatic rings. The predicted molar refractivity (Wildman–Crippen MR) is 92.1 cm³/mol. The van der Waals surface area contributed by atoms with Crippen molar-refractivity contribution in [3.8, 4) is 11.5 Å². The molecule has 0 unspecified atom stereocenters. The van der Waals surface area contributed by atoms with Crippen LogP contribution in [0.25, 0.3) is 0 Å². The number of anilines is 1. The lowest BCUT2D eigenvalue weighted by Crippen LogP contribution is -2.22. The number of hydrogen-bond acceptors (Lipinski definition) is 4. The minimum Gasteiger partial charge on any atom is -0.508 e. The van der Waals surface area contributed by atoms with E-state index in [2.05, 4.69) is 28.2 Å². The maximum Gasteiger partial charge on any atom is 0.119 e. The summed E-state index contributed by atoms with van der Waals surface area (Å²) in [5.41, 5.74) is 5.73. The topological polar surface area (TPSA) is 61.5 Å². The fourth-order valence-corrected chi connectivity index (χ4v) is 3.42. The molecule has 0 fully saturated rings. The molecule has 0 bridgehead atoms. The molecule has 2 heterocycles. The van der Waals surface area contributed by atoms with Gasteiger partial charge in [0.1, 0.15) is 11.5 Å². The quantitative estimate of drug-likeness (QED) is 0.762. The Morgan fingerprint density at radius 1 is 1.04 bits per heavy atom. The molecule has 4 rings (SSSR count). The largest absolute Gasteiger partial charge is 0.508 e. The number of nitrogens with zero attached hydrogens (tertiary/aromatic N) is 3. The predicted octanol–water partition coefficient (Wildman–Crippen LogP) is 2.94. The van der Waals surface area contributed by atoms with Crippen molar-refractivity contribution in [1.82, 2.24) is 9.78 Å². The van der Waals surface area contributed by atoms with Crippen molar-refractivity contribution in [3.05, 3.63) is 71.0 Å². The summed E-state index contributed by atoms with van der Waals surface area (Å²) in [7, 11) is 1.98. The molecule has 24 heavy (non-hydrogen) atoms. The van der Waals surface area contributed by atoms with E-state index in [1.54, 1.807) is 12.1 Å². The first-order chi connectivity index (χ1) is 11.6. The molecule has 0 amide bonds. The van der Waals surface area contributed by atoms with Crippen LogP contribution in [-0.2, 0) is 26.6 Å². The Kier molecular flexibility index (Phi) is 3.41. The van der Waals surface area contributed by atoms with Gasteiger partial charge >= 0.3 is 0 Å². The van der Waals surface area contributed by atoms with Crippen molar-refractivity contribution in [3.63, 3.8) is 0 Å². The molecule has 122 valence electrons. The Bertz CT molecular complexity index is 881. The van der Waals surface area contributed by atoms with Gasteiger partial charge in [0.2, 0.25) is 0 Å². The van der Waals surface area contributed by atoms with E-state index in [0.29, 0.717) is 6.54 Å². The Labute approximate surface area is 140 Å². The van der Waals surface area contributed by atoms with E-state index < -0.39 is 0 Å². The highest BCUT2D eigenvalue weighted by Gasteiger charge is 2.21. The fourth-order valence-electron chi connectivity index (χ4n) is 3.42. The highest BCUT2D eigenvalue weighted by molar-refractivity contribution is 5.58. The van der Waals surface area contributed by atoms with Crippen molar-refractivity contribution in [1.29, 1.82) is 0 Å². The van der Waals surface area contributed by atoms with Crippen LogP contribution in [0.15, 0.2) is 48.7 Å². The van der Waals surface area contributed by atoms with E-state index in [0.717, 1.165) is 18.5 Å². The second kappa shape index (κ2) is 5.60. The van der Waals surface area contributed by atoms with Gasteiger partial charge in [0, 0.05) is 49.6 Å². The molecule has 1 aromatic heterocycles. The van der Waals surface area contributed by atoms with Crippen LogP contribution < -0.4 is 4.90 Å². The van der Waals surface area contributed by atoms with E-state index in [1.165, 1.54) is 28.6 Å². The van der Waals surface area contributed by atoms with Gasteiger partial charge in [-0.3, -0.25) is 4.68 Å². The maximum atomic E-state index is 9.74. The van der Waals surface area contributed by atoms with Gasteiger partial charge in [0.25, 0.3) is 0 Å². The Morgan fingerprint density at radius 3 is 2.58 bits per heavy atom. The number of aromatic hydroxyl groups is 2. The average molecular weight is 321 g/mol. The number of aromatic nitrogens is 2. The smallest absolute Gasteiger partial charge is 0.119 e. The average Bonchev–Trinajstić information content (AvgIpc) is 2.79. The lowest BCUT2D eigenvalue weighted by molar-refractivity contribution is 0.449. The number of phenols is 2. The molecular weight excluding hydrogens is 302 g/mol. The van der Waals surface area contributed by atoms with Gasteiger partial charge in [-0.1, -0.05) is 18.2 Å².